The zero-order valence-corrected chi connectivity index (χ0v) is 22.5. The largest absolute Gasteiger partial charge is 0.106 e. The fourth-order valence-corrected chi connectivity index (χ4v) is 6.39. The van der Waals surface area contributed by atoms with E-state index in [0.29, 0.717) is 5.41 Å². The molecule has 2 aliphatic rings. The standard InChI is InChI=1S/C27H42.C2H6.C2H4/c1-9-10-11-12-21-15-20(7)25-23(24(21)17(2)3)16-22-19(6)13-14-27(8,18(4)5)26(22)25;2*1-2/h15,18-19,22,26H,2,9-14,16H2,1,3-8H3;1-2H3;1-2H2. The normalized spacial score (nSPS) is 26.2. The molecule has 0 nitrogen and oxygen atoms in total. The van der Waals surface area contributed by atoms with Gasteiger partial charge in [-0.1, -0.05) is 79.5 Å². The average molecular weight is 425 g/mol. The maximum atomic E-state index is 4.43. The summed E-state index contributed by atoms with van der Waals surface area (Å²) in [4.78, 5) is 0. The number of benzene rings is 1. The Balaban J connectivity index is 0.00000113. The van der Waals surface area contributed by atoms with Crippen LogP contribution < -0.4 is 0 Å². The van der Waals surface area contributed by atoms with Gasteiger partial charge in [0.25, 0.3) is 0 Å². The van der Waals surface area contributed by atoms with Crippen molar-refractivity contribution in [1.29, 1.82) is 0 Å². The van der Waals surface area contributed by atoms with Crippen LogP contribution in [0.1, 0.15) is 121 Å². The van der Waals surface area contributed by atoms with E-state index in [1.165, 1.54) is 50.5 Å². The molecule has 1 fully saturated rings. The molecule has 176 valence electrons. The summed E-state index contributed by atoms with van der Waals surface area (Å²) < 4.78 is 0. The molecule has 0 heterocycles. The number of allylic oxidation sites excluding steroid dienone is 1. The molecule has 4 unspecified atom stereocenters. The Morgan fingerprint density at radius 2 is 1.81 bits per heavy atom. The minimum Gasteiger partial charge on any atom is -0.106 e. The highest BCUT2D eigenvalue weighted by Crippen LogP contribution is 2.61. The van der Waals surface area contributed by atoms with E-state index in [0.717, 1.165) is 23.7 Å². The SMILES string of the molecule is C=C.C=C(C)c1c(CCCCC)cc(C)c2c1CC1C(C)CCC(C)(C(C)C)C21.CC. The third kappa shape index (κ3) is 5.37. The van der Waals surface area contributed by atoms with Crippen LogP contribution in [-0.2, 0) is 12.8 Å². The maximum absolute atomic E-state index is 4.43. The van der Waals surface area contributed by atoms with Gasteiger partial charge in [0.1, 0.15) is 0 Å². The lowest BCUT2D eigenvalue weighted by atomic mass is 9.55. The van der Waals surface area contributed by atoms with Gasteiger partial charge in [0.05, 0.1) is 0 Å². The summed E-state index contributed by atoms with van der Waals surface area (Å²) in [6, 6.07) is 2.54. The number of hydrogen-bond donors (Lipinski definition) is 0. The van der Waals surface area contributed by atoms with Gasteiger partial charge < -0.3 is 0 Å². The molecule has 1 aromatic carbocycles. The molecule has 0 radical (unpaired) electrons. The Bertz CT molecular complexity index is 722. The second-order valence-corrected chi connectivity index (χ2v) is 10.4. The molecule has 31 heavy (non-hydrogen) atoms. The first-order valence-corrected chi connectivity index (χ1v) is 13.0. The molecule has 2 aliphatic carbocycles. The fraction of sp³-hybridized carbons (Fsp3) is 0.677. The van der Waals surface area contributed by atoms with Crippen molar-refractivity contribution in [2.24, 2.45) is 23.2 Å². The Hall–Kier alpha value is -1.30. The minimum absolute atomic E-state index is 0.434. The summed E-state index contributed by atoms with van der Waals surface area (Å²) in [6.07, 6.45) is 9.22. The maximum Gasteiger partial charge on any atom is -0.00659 e. The summed E-state index contributed by atoms with van der Waals surface area (Å²) in [5, 5.41) is 0. The molecule has 0 bridgehead atoms. The number of hydrogen-bond acceptors (Lipinski definition) is 0. The third-order valence-electron chi connectivity index (χ3n) is 8.32. The van der Waals surface area contributed by atoms with E-state index in [9.17, 15) is 0 Å². The lowest BCUT2D eigenvalue weighted by molar-refractivity contribution is 0.0430. The average Bonchev–Trinajstić information content (AvgIpc) is 3.16. The van der Waals surface area contributed by atoms with Crippen molar-refractivity contribution >= 4 is 5.57 Å². The first-order valence-electron chi connectivity index (χ1n) is 13.0. The van der Waals surface area contributed by atoms with Crippen molar-refractivity contribution in [3.63, 3.8) is 0 Å². The molecule has 4 atom stereocenters. The van der Waals surface area contributed by atoms with Gasteiger partial charge in [-0.3, -0.25) is 0 Å². The molecule has 0 N–H and O–H groups in total. The van der Waals surface area contributed by atoms with E-state index in [-0.39, 0.29) is 0 Å². The zero-order chi connectivity index (χ0) is 23.9. The zero-order valence-electron chi connectivity index (χ0n) is 22.5. The molecule has 3 rings (SSSR count). The van der Waals surface area contributed by atoms with E-state index in [1.54, 1.807) is 27.8 Å². The van der Waals surface area contributed by atoms with Gasteiger partial charge in [-0.05, 0) is 103 Å². The lowest BCUT2D eigenvalue weighted by Crippen LogP contribution is -2.40. The molecule has 1 aromatic rings. The van der Waals surface area contributed by atoms with Gasteiger partial charge in [-0.25, -0.2) is 0 Å². The number of aryl methyl sites for hydroxylation is 2. The molecule has 0 heteroatoms. The van der Waals surface area contributed by atoms with Gasteiger partial charge in [-0.2, -0.15) is 0 Å². The van der Waals surface area contributed by atoms with Crippen LogP contribution in [0.3, 0.4) is 0 Å². The summed E-state index contributed by atoms with van der Waals surface area (Å²) in [5.74, 6) is 3.14. The lowest BCUT2D eigenvalue weighted by Gasteiger charge is -2.49. The highest BCUT2D eigenvalue weighted by atomic mass is 14.6. The Labute approximate surface area is 195 Å². The Morgan fingerprint density at radius 1 is 1.19 bits per heavy atom. The van der Waals surface area contributed by atoms with E-state index in [2.05, 4.69) is 74.3 Å². The van der Waals surface area contributed by atoms with E-state index in [4.69, 9.17) is 0 Å². The van der Waals surface area contributed by atoms with Crippen LogP contribution in [0.15, 0.2) is 25.8 Å². The summed E-state index contributed by atoms with van der Waals surface area (Å²) in [5.41, 5.74) is 9.81. The first kappa shape index (κ1) is 27.7. The molecular weight excluding hydrogens is 372 g/mol. The van der Waals surface area contributed by atoms with Crippen LogP contribution in [0, 0.1) is 30.1 Å². The van der Waals surface area contributed by atoms with Crippen LogP contribution in [0.5, 0.6) is 0 Å². The van der Waals surface area contributed by atoms with Crippen LogP contribution in [0.25, 0.3) is 5.57 Å². The number of fused-ring (bicyclic) bond motifs is 3. The van der Waals surface area contributed by atoms with E-state index >= 15 is 0 Å². The summed E-state index contributed by atoms with van der Waals surface area (Å²) in [6.45, 7) is 31.4. The van der Waals surface area contributed by atoms with Crippen molar-refractivity contribution < 1.29 is 0 Å². The smallest absolute Gasteiger partial charge is 0.00659 e. The van der Waals surface area contributed by atoms with Gasteiger partial charge in [0.2, 0.25) is 0 Å². The van der Waals surface area contributed by atoms with Gasteiger partial charge in [0, 0.05) is 0 Å². The fourth-order valence-electron chi connectivity index (χ4n) is 6.39. The highest BCUT2D eigenvalue weighted by molar-refractivity contribution is 5.71. The van der Waals surface area contributed by atoms with Crippen molar-refractivity contribution in [3.05, 3.63) is 53.6 Å². The van der Waals surface area contributed by atoms with Crippen molar-refractivity contribution in [3.8, 4) is 0 Å². The van der Waals surface area contributed by atoms with E-state index in [1.807, 2.05) is 13.8 Å². The summed E-state index contributed by atoms with van der Waals surface area (Å²) in [7, 11) is 0. The third-order valence-corrected chi connectivity index (χ3v) is 8.32. The monoisotopic (exact) mass is 424 g/mol. The Morgan fingerprint density at radius 3 is 2.32 bits per heavy atom. The summed E-state index contributed by atoms with van der Waals surface area (Å²) >= 11 is 0. The minimum atomic E-state index is 0.434. The molecule has 1 saturated carbocycles. The second kappa shape index (κ2) is 12.1. The second-order valence-electron chi connectivity index (χ2n) is 10.4. The van der Waals surface area contributed by atoms with Gasteiger partial charge in [0.15, 0.2) is 0 Å². The van der Waals surface area contributed by atoms with Crippen molar-refractivity contribution in [1.82, 2.24) is 0 Å². The van der Waals surface area contributed by atoms with Crippen LogP contribution in [0.2, 0.25) is 0 Å². The first-order chi connectivity index (χ1) is 14.7. The molecule has 0 spiro atoms. The Kier molecular flexibility index (Phi) is 10.8. The van der Waals surface area contributed by atoms with Crippen molar-refractivity contribution in [2.75, 3.05) is 0 Å². The van der Waals surface area contributed by atoms with Crippen LogP contribution >= 0.6 is 0 Å². The number of rotatable bonds is 6. The molecule has 0 aromatic heterocycles. The number of unbranched alkanes of at least 4 members (excludes halogenated alkanes) is 2. The molecule has 0 amide bonds. The molecular formula is C31H52. The molecule has 0 aliphatic heterocycles. The van der Waals surface area contributed by atoms with Gasteiger partial charge in [-0.15, -0.1) is 13.2 Å². The molecule has 0 saturated heterocycles. The van der Waals surface area contributed by atoms with Crippen LogP contribution in [0.4, 0.5) is 0 Å². The van der Waals surface area contributed by atoms with Crippen LogP contribution in [-0.4, -0.2) is 0 Å². The highest BCUT2D eigenvalue weighted by Gasteiger charge is 2.52. The quantitative estimate of drug-likeness (QED) is 0.315. The predicted molar refractivity (Wildman–Crippen MR) is 143 cm³/mol. The van der Waals surface area contributed by atoms with Crippen molar-refractivity contribution in [2.45, 2.75) is 113 Å². The van der Waals surface area contributed by atoms with Gasteiger partial charge >= 0.3 is 0 Å². The van der Waals surface area contributed by atoms with E-state index < -0.39 is 0 Å². The predicted octanol–water partition coefficient (Wildman–Crippen LogP) is 9.94. The topological polar surface area (TPSA) is 0 Å².